The van der Waals surface area contributed by atoms with Crippen LogP contribution in [0.2, 0.25) is 0 Å². The van der Waals surface area contributed by atoms with E-state index in [1.807, 2.05) is 37.3 Å². The van der Waals surface area contributed by atoms with Gasteiger partial charge in [0, 0.05) is 6.42 Å². The number of carbonyl (C=O) groups is 1. The summed E-state index contributed by atoms with van der Waals surface area (Å²) >= 11 is 0. The van der Waals surface area contributed by atoms with Crippen molar-refractivity contribution in [1.82, 2.24) is 4.72 Å². The van der Waals surface area contributed by atoms with Gasteiger partial charge >= 0.3 is 5.97 Å². The number of carbonyl (C=O) groups excluding carboxylic acids is 1. The van der Waals surface area contributed by atoms with Crippen LogP contribution in [0, 0.1) is 6.92 Å². The third-order valence-electron chi connectivity index (χ3n) is 3.51. The molecule has 1 aliphatic heterocycles. The topological polar surface area (TPSA) is 94.1 Å². The molecule has 0 aliphatic carbocycles. The Morgan fingerprint density at radius 3 is 2.85 bits per heavy atom. The first-order chi connectivity index (χ1) is 12.9. The lowest BCUT2D eigenvalue weighted by Crippen LogP contribution is -2.32. The molecule has 27 heavy (non-hydrogen) atoms. The summed E-state index contributed by atoms with van der Waals surface area (Å²) in [4.78, 5) is 15.9. The maximum Gasteiger partial charge on any atom is 0.344 e. The molecule has 1 N–H and O–H groups in total. The minimum absolute atomic E-state index is 0.0465. The summed E-state index contributed by atoms with van der Waals surface area (Å²) in [6.07, 6.45) is 8.24. The number of allylic oxidation sites excluding steroid dienone is 2. The minimum Gasteiger partial charge on any atom is -0.482 e. The van der Waals surface area contributed by atoms with Gasteiger partial charge in [-0.15, -0.1) is 0 Å². The Kier molecular flexibility index (Phi) is 8.06. The number of esters is 1. The molecule has 2 rings (SSSR count). The predicted octanol–water partition coefficient (Wildman–Crippen LogP) is 2.14. The standard InChI is InChI=1S/C19H24N2O5S/c1-16-8-7-9-17(14-16)26-15-19(22)25-12-11-20-18-10-5-3-2-4-6-13-27(23,24)21-18/h3-9,14H,2,10-13,15H2,1H3,(H,20,21)/b5-3-,6-4-. The first-order valence-electron chi connectivity index (χ1n) is 8.63. The van der Waals surface area contributed by atoms with Crippen molar-refractivity contribution in [3.8, 4) is 5.75 Å². The largest absolute Gasteiger partial charge is 0.482 e. The molecule has 8 heteroatoms. The molecule has 1 aromatic rings. The van der Waals surface area contributed by atoms with Gasteiger partial charge in [-0.25, -0.2) is 13.2 Å². The smallest absolute Gasteiger partial charge is 0.344 e. The van der Waals surface area contributed by atoms with Crippen LogP contribution in [0.15, 0.2) is 53.6 Å². The van der Waals surface area contributed by atoms with E-state index in [-0.39, 0.29) is 25.5 Å². The average Bonchev–Trinajstić information content (AvgIpc) is 2.62. The lowest BCUT2D eigenvalue weighted by atomic mass is 10.2. The molecule has 0 atom stereocenters. The van der Waals surface area contributed by atoms with Gasteiger partial charge in [-0.05, 0) is 31.0 Å². The first-order valence-corrected chi connectivity index (χ1v) is 10.3. The fraction of sp³-hybridized carbons (Fsp3) is 0.368. The number of nitrogens with zero attached hydrogens (tertiary/aromatic N) is 1. The third-order valence-corrected chi connectivity index (χ3v) is 4.69. The van der Waals surface area contributed by atoms with Gasteiger partial charge in [-0.1, -0.05) is 36.4 Å². The molecule has 0 saturated carbocycles. The number of nitrogens with one attached hydrogen (secondary N) is 1. The maximum atomic E-state index is 11.9. The number of sulfonamides is 1. The van der Waals surface area contributed by atoms with Crippen LogP contribution >= 0.6 is 0 Å². The molecule has 0 amide bonds. The van der Waals surface area contributed by atoms with Crippen molar-refractivity contribution in [2.24, 2.45) is 4.99 Å². The SMILES string of the molecule is Cc1cccc(OCC(=O)OCCN=C2C/C=C\C/C=C\CS(=O)(=O)N2)c1. The molecule has 0 saturated heterocycles. The minimum atomic E-state index is -3.46. The Bertz CT molecular complexity index is 828. The van der Waals surface area contributed by atoms with Gasteiger partial charge in [-0.3, -0.25) is 9.71 Å². The van der Waals surface area contributed by atoms with Crippen LogP contribution in [0.5, 0.6) is 5.75 Å². The van der Waals surface area contributed by atoms with Gasteiger partial charge in [0.2, 0.25) is 10.0 Å². The van der Waals surface area contributed by atoms with Crippen LogP contribution in [0.4, 0.5) is 0 Å². The molecule has 7 nitrogen and oxygen atoms in total. The molecule has 0 unspecified atom stereocenters. The van der Waals surface area contributed by atoms with E-state index in [2.05, 4.69) is 9.71 Å². The van der Waals surface area contributed by atoms with Crippen LogP contribution < -0.4 is 9.46 Å². The number of ether oxygens (including phenoxy) is 2. The Balaban J connectivity index is 1.77. The van der Waals surface area contributed by atoms with Crippen LogP contribution in [-0.2, 0) is 19.6 Å². The Morgan fingerprint density at radius 1 is 1.22 bits per heavy atom. The summed E-state index contributed by atoms with van der Waals surface area (Å²) in [7, 11) is -3.46. The van der Waals surface area contributed by atoms with E-state index < -0.39 is 16.0 Å². The van der Waals surface area contributed by atoms with Gasteiger partial charge < -0.3 is 9.47 Å². The molecule has 0 fully saturated rings. The molecule has 0 radical (unpaired) electrons. The number of aliphatic imine (C=N–C) groups is 1. The second kappa shape index (κ2) is 10.5. The highest BCUT2D eigenvalue weighted by molar-refractivity contribution is 7.90. The number of rotatable bonds is 6. The van der Waals surface area contributed by atoms with Gasteiger partial charge in [-0.2, -0.15) is 0 Å². The second-order valence-electron chi connectivity index (χ2n) is 5.92. The van der Waals surface area contributed by atoms with E-state index in [1.165, 1.54) is 0 Å². The Labute approximate surface area is 159 Å². The Hall–Kier alpha value is -2.61. The Morgan fingerprint density at radius 2 is 2.04 bits per heavy atom. The van der Waals surface area contributed by atoms with Crippen LogP contribution in [0.25, 0.3) is 0 Å². The van der Waals surface area contributed by atoms with Gasteiger partial charge in [0.25, 0.3) is 0 Å². The summed E-state index contributed by atoms with van der Waals surface area (Å²) in [5.74, 6) is 0.330. The second-order valence-corrected chi connectivity index (χ2v) is 7.69. The van der Waals surface area contributed by atoms with E-state index in [0.29, 0.717) is 24.4 Å². The normalized spacial score (nSPS) is 20.3. The first kappa shape index (κ1) is 20.7. The average molecular weight is 392 g/mol. The summed E-state index contributed by atoms with van der Waals surface area (Å²) in [6, 6.07) is 7.37. The van der Waals surface area contributed by atoms with Crippen molar-refractivity contribution in [3.63, 3.8) is 0 Å². The number of aryl methyl sites for hydroxylation is 1. The fourth-order valence-electron chi connectivity index (χ4n) is 2.25. The molecular formula is C19H24N2O5S. The number of benzene rings is 1. The van der Waals surface area contributed by atoms with Gasteiger partial charge in [0.15, 0.2) is 6.61 Å². The van der Waals surface area contributed by atoms with Crippen LogP contribution in [0.1, 0.15) is 18.4 Å². The monoisotopic (exact) mass is 392 g/mol. The highest BCUT2D eigenvalue weighted by atomic mass is 32.2. The maximum absolute atomic E-state index is 11.9. The zero-order chi connectivity index (χ0) is 19.5. The third kappa shape index (κ3) is 8.54. The zero-order valence-electron chi connectivity index (χ0n) is 15.3. The van der Waals surface area contributed by atoms with Crippen LogP contribution in [0.3, 0.4) is 0 Å². The summed E-state index contributed by atoms with van der Waals surface area (Å²) in [6.45, 7) is 1.95. The molecule has 1 heterocycles. The van der Waals surface area contributed by atoms with Gasteiger partial charge in [0.1, 0.15) is 18.2 Å². The lowest BCUT2D eigenvalue weighted by molar-refractivity contribution is -0.145. The van der Waals surface area contributed by atoms with Crippen molar-refractivity contribution in [1.29, 1.82) is 0 Å². The van der Waals surface area contributed by atoms with E-state index in [1.54, 1.807) is 18.2 Å². The van der Waals surface area contributed by atoms with Crippen molar-refractivity contribution >= 4 is 21.8 Å². The van der Waals surface area contributed by atoms with Crippen molar-refractivity contribution < 1.29 is 22.7 Å². The van der Waals surface area contributed by atoms with E-state index in [4.69, 9.17) is 9.47 Å². The number of amidine groups is 1. The number of hydrogen-bond donors (Lipinski definition) is 1. The molecular weight excluding hydrogens is 368 g/mol. The highest BCUT2D eigenvalue weighted by Crippen LogP contribution is 2.12. The quantitative estimate of drug-likeness (QED) is 0.455. The van der Waals surface area contributed by atoms with Crippen molar-refractivity contribution in [3.05, 3.63) is 54.1 Å². The fourth-order valence-corrected chi connectivity index (χ4v) is 3.23. The molecule has 1 aromatic carbocycles. The summed E-state index contributed by atoms with van der Waals surface area (Å²) in [5, 5.41) is 0. The van der Waals surface area contributed by atoms with Gasteiger partial charge in [0.05, 0.1) is 12.3 Å². The van der Waals surface area contributed by atoms with Crippen molar-refractivity contribution in [2.45, 2.75) is 19.8 Å². The number of hydrogen-bond acceptors (Lipinski definition) is 6. The molecule has 1 aliphatic rings. The van der Waals surface area contributed by atoms with E-state index >= 15 is 0 Å². The molecule has 0 spiro atoms. The van der Waals surface area contributed by atoms with Crippen LogP contribution in [-0.4, -0.2) is 45.7 Å². The lowest BCUT2D eigenvalue weighted by Gasteiger charge is -2.10. The predicted molar refractivity (Wildman–Crippen MR) is 104 cm³/mol. The summed E-state index contributed by atoms with van der Waals surface area (Å²) < 4.78 is 36.7. The zero-order valence-corrected chi connectivity index (χ0v) is 16.1. The highest BCUT2D eigenvalue weighted by Gasteiger charge is 2.11. The molecule has 146 valence electrons. The molecule has 0 aromatic heterocycles. The van der Waals surface area contributed by atoms with E-state index in [9.17, 15) is 13.2 Å². The molecule has 0 bridgehead atoms. The van der Waals surface area contributed by atoms with Crippen molar-refractivity contribution in [2.75, 3.05) is 25.5 Å². The van der Waals surface area contributed by atoms with E-state index in [0.717, 1.165) is 5.56 Å². The summed E-state index contributed by atoms with van der Waals surface area (Å²) in [5.41, 5.74) is 1.04.